The summed E-state index contributed by atoms with van der Waals surface area (Å²) < 4.78 is 18.6. The molecule has 0 saturated carbocycles. The van der Waals surface area contributed by atoms with E-state index in [0.717, 1.165) is 50.4 Å². The van der Waals surface area contributed by atoms with Gasteiger partial charge in [-0.25, -0.2) is 4.39 Å². The first-order valence-electron chi connectivity index (χ1n) is 7.62. The summed E-state index contributed by atoms with van der Waals surface area (Å²) in [6.07, 6.45) is 1.14. The predicted molar refractivity (Wildman–Crippen MR) is 84.3 cm³/mol. The molecule has 1 N–H and O–H groups in total. The lowest BCUT2D eigenvalue weighted by molar-refractivity contribution is 0.199. The zero-order valence-corrected chi connectivity index (χ0v) is 13.1. The van der Waals surface area contributed by atoms with Crippen molar-refractivity contribution < 1.29 is 9.13 Å². The van der Waals surface area contributed by atoms with E-state index in [1.165, 1.54) is 0 Å². The Balaban J connectivity index is 2.06. The van der Waals surface area contributed by atoms with Gasteiger partial charge in [-0.1, -0.05) is 0 Å². The molecular formula is C16H26FN3O. The maximum atomic E-state index is 13.6. The molecule has 1 aromatic rings. The third kappa shape index (κ3) is 4.95. The molecule has 0 bridgehead atoms. The second-order valence-electron chi connectivity index (χ2n) is 5.59. The Hall–Kier alpha value is -1.17. The number of rotatable bonds is 6. The smallest absolute Gasteiger partial charge is 0.123 e. The van der Waals surface area contributed by atoms with Gasteiger partial charge in [0, 0.05) is 45.5 Å². The summed E-state index contributed by atoms with van der Waals surface area (Å²) in [5.41, 5.74) is 2.17. The van der Waals surface area contributed by atoms with Crippen LogP contribution in [0.15, 0.2) is 18.2 Å². The second kappa shape index (κ2) is 8.32. The van der Waals surface area contributed by atoms with Gasteiger partial charge in [0.15, 0.2) is 0 Å². The zero-order chi connectivity index (χ0) is 15.1. The molecule has 0 amide bonds. The highest BCUT2D eigenvalue weighted by atomic mass is 19.1. The summed E-state index contributed by atoms with van der Waals surface area (Å²) in [4.78, 5) is 4.72. The summed E-state index contributed by atoms with van der Waals surface area (Å²) in [5, 5.41) is 3.30. The van der Waals surface area contributed by atoms with Crippen LogP contribution in [0.5, 0.6) is 0 Å². The Morgan fingerprint density at radius 2 is 2.10 bits per heavy atom. The molecule has 1 aliphatic rings. The summed E-state index contributed by atoms with van der Waals surface area (Å²) in [5.74, 6) is -0.172. The number of nitrogens with one attached hydrogen (secondary N) is 1. The molecule has 0 aliphatic carbocycles. The fraction of sp³-hybridized carbons (Fsp3) is 0.625. The maximum absolute atomic E-state index is 13.6. The van der Waals surface area contributed by atoms with E-state index in [1.54, 1.807) is 19.2 Å². The lowest BCUT2D eigenvalue weighted by Crippen LogP contribution is -2.30. The minimum absolute atomic E-state index is 0.172. The summed E-state index contributed by atoms with van der Waals surface area (Å²) in [7, 11) is 3.84. The fourth-order valence-electron chi connectivity index (χ4n) is 2.69. The van der Waals surface area contributed by atoms with Gasteiger partial charge in [0.2, 0.25) is 0 Å². The van der Waals surface area contributed by atoms with E-state index >= 15 is 0 Å². The zero-order valence-electron chi connectivity index (χ0n) is 13.1. The highest BCUT2D eigenvalue weighted by Gasteiger charge is 2.15. The first kappa shape index (κ1) is 16.2. The standard InChI is InChI=1S/C16H26FN3O/c1-19-7-3-8-20(10-9-19)16-5-4-15(17)12-14(16)13-18-6-11-21-2/h4-5,12,18H,3,6-11,13H2,1-2H3. The molecule has 118 valence electrons. The molecule has 4 nitrogen and oxygen atoms in total. The van der Waals surface area contributed by atoms with E-state index < -0.39 is 0 Å². The van der Waals surface area contributed by atoms with E-state index in [4.69, 9.17) is 4.74 Å². The van der Waals surface area contributed by atoms with Crippen LogP contribution >= 0.6 is 0 Å². The van der Waals surface area contributed by atoms with Crippen molar-refractivity contribution in [2.75, 3.05) is 58.4 Å². The number of hydrogen-bond acceptors (Lipinski definition) is 4. The molecule has 1 aliphatic heterocycles. The number of methoxy groups -OCH3 is 1. The molecule has 1 saturated heterocycles. The number of halogens is 1. The molecule has 21 heavy (non-hydrogen) atoms. The van der Waals surface area contributed by atoms with Gasteiger partial charge in [0.1, 0.15) is 5.82 Å². The molecule has 1 fully saturated rings. The van der Waals surface area contributed by atoms with Crippen LogP contribution in [0.2, 0.25) is 0 Å². The fourth-order valence-corrected chi connectivity index (χ4v) is 2.69. The highest BCUT2D eigenvalue weighted by molar-refractivity contribution is 5.54. The van der Waals surface area contributed by atoms with Gasteiger partial charge >= 0.3 is 0 Å². The van der Waals surface area contributed by atoms with Crippen molar-refractivity contribution >= 4 is 5.69 Å². The molecule has 0 aromatic heterocycles. The van der Waals surface area contributed by atoms with Crippen LogP contribution < -0.4 is 10.2 Å². The van der Waals surface area contributed by atoms with E-state index in [1.807, 2.05) is 6.07 Å². The average Bonchev–Trinajstić information content (AvgIpc) is 2.69. The van der Waals surface area contributed by atoms with E-state index in [0.29, 0.717) is 13.2 Å². The minimum Gasteiger partial charge on any atom is -0.383 e. The van der Waals surface area contributed by atoms with Crippen molar-refractivity contribution in [3.05, 3.63) is 29.6 Å². The van der Waals surface area contributed by atoms with Gasteiger partial charge in [-0.15, -0.1) is 0 Å². The van der Waals surface area contributed by atoms with Gasteiger partial charge in [-0.3, -0.25) is 0 Å². The van der Waals surface area contributed by atoms with Gasteiger partial charge in [0.05, 0.1) is 6.61 Å². The second-order valence-corrected chi connectivity index (χ2v) is 5.59. The first-order chi connectivity index (χ1) is 10.2. The first-order valence-corrected chi connectivity index (χ1v) is 7.62. The normalized spacial score (nSPS) is 17.0. The summed E-state index contributed by atoms with van der Waals surface area (Å²) in [6, 6.07) is 5.11. The van der Waals surface area contributed by atoms with Crippen LogP contribution in [0.25, 0.3) is 0 Å². The van der Waals surface area contributed by atoms with Gasteiger partial charge in [-0.05, 0) is 43.8 Å². The number of nitrogens with zero attached hydrogens (tertiary/aromatic N) is 2. The Morgan fingerprint density at radius 1 is 1.24 bits per heavy atom. The average molecular weight is 295 g/mol. The quantitative estimate of drug-likeness (QED) is 0.809. The van der Waals surface area contributed by atoms with E-state index in [9.17, 15) is 4.39 Å². The molecule has 5 heteroatoms. The van der Waals surface area contributed by atoms with E-state index in [2.05, 4.69) is 22.2 Å². The largest absolute Gasteiger partial charge is 0.383 e. The van der Waals surface area contributed by atoms with Gasteiger partial charge in [-0.2, -0.15) is 0 Å². The lowest BCUT2D eigenvalue weighted by atomic mass is 10.1. The molecule has 1 heterocycles. The predicted octanol–water partition coefficient (Wildman–Crippen LogP) is 1.70. The summed E-state index contributed by atoms with van der Waals surface area (Å²) >= 11 is 0. The summed E-state index contributed by atoms with van der Waals surface area (Å²) in [6.45, 7) is 6.30. The number of hydrogen-bond donors (Lipinski definition) is 1. The molecule has 0 atom stereocenters. The number of likely N-dealkylation sites (N-methyl/N-ethyl adjacent to an activating group) is 1. The molecule has 0 spiro atoms. The molecular weight excluding hydrogens is 269 g/mol. The topological polar surface area (TPSA) is 27.7 Å². The molecule has 1 aromatic carbocycles. The van der Waals surface area contributed by atoms with Crippen LogP contribution in [0.1, 0.15) is 12.0 Å². The van der Waals surface area contributed by atoms with Crippen molar-refractivity contribution in [2.24, 2.45) is 0 Å². The molecule has 2 rings (SSSR count). The van der Waals surface area contributed by atoms with Crippen molar-refractivity contribution in [3.63, 3.8) is 0 Å². The Labute approximate surface area is 126 Å². The monoisotopic (exact) mass is 295 g/mol. The van der Waals surface area contributed by atoms with Crippen LogP contribution in [-0.4, -0.2) is 58.4 Å². The molecule has 0 radical (unpaired) electrons. The SMILES string of the molecule is COCCNCc1cc(F)ccc1N1CCCN(C)CC1. The number of benzene rings is 1. The van der Waals surface area contributed by atoms with Crippen molar-refractivity contribution in [2.45, 2.75) is 13.0 Å². The number of anilines is 1. The van der Waals surface area contributed by atoms with Crippen LogP contribution in [0, 0.1) is 5.82 Å². The van der Waals surface area contributed by atoms with Gasteiger partial charge in [0.25, 0.3) is 0 Å². The van der Waals surface area contributed by atoms with Crippen LogP contribution in [0.3, 0.4) is 0 Å². The van der Waals surface area contributed by atoms with E-state index in [-0.39, 0.29) is 5.82 Å². The van der Waals surface area contributed by atoms with Crippen LogP contribution in [0.4, 0.5) is 10.1 Å². The minimum atomic E-state index is -0.172. The van der Waals surface area contributed by atoms with Crippen molar-refractivity contribution in [1.29, 1.82) is 0 Å². The lowest BCUT2D eigenvalue weighted by Gasteiger charge is -2.26. The highest BCUT2D eigenvalue weighted by Crippen LogP contribution is 2.23. The molecule has 0 unspecified atom stereocenters. The Kier molecular flexibility index (Phi) is 6.42. The third-order valence-electron chi connectivity index (χ3n) is 3.90. The van der Waals surface area contributed by atoms with Crippen molar-refractivity contribution in [3.8, 4) is 0 Å². The number of ether oxygens (including phenoxy) is 1. The van der Waals surface area contributed by atoms with Gasteiger partial charge < -0.3 is 19.9 Å². The third-order valence-corrected chi connectivity index (χ3v) is 3.90. The maximum Gasteiger partial charge on any atom is 0.123 e. The van der Waals surface area contributed by atoms with Crippen molar-refractivity contribution in [1.82, 2.24) is 10.2 Å². The Bertz CT molecular complexity index is 442. The van der Waals surface area contributed by atoms with Crippen LogP contribution in [-0.2, 0) is 11.3 Å². The Morgan fingerprint density at radius 3 is 2.90 bits per heavy atom.